The van der Waals surface area contributed by atoms with Gasteiger partial charge in [0.15, 0.2) is 11.5 Å². The molecule has 1 atom stereocenters. The van der Waals surface area contributed by atoms with E-state index in [1.807, 2.05) is 12.1 Å². The van der Waals surface area contributed by atoms with Crippen molar-refractivity contribution in [2.75, 3.05) is 33.9 Å². The average molecular weight is 269 g/mol. The van der Waals surface area contributed by atoms with Crippen molar-refractivity contribution in [2.45, 2.75) is 6.10 Å². The summed E-state index contributed by atoms with van der Waals surface area (Å²) >= 11 is 0. The summed E-state index contributed by atoms with van der Waals surface area (Å²) in [5.41, 5.74) is 0. The number of hydrogen-bond acceptors (Lipinski definition) is 6. The van der Waals surface area contributed by atoms with E-state index in [0.717, 1.165) is 0 Å². The van der Waals surface area contributed by atoms with Gasteiger partial charge in [0.2, 0.25) is 0 Å². The van der Waals surface area contributed by atoms with Crippen LogP contribution in [0.1, 0.15) is 0 Å². The van der Waals surface area contributed by atoms with Crippen LogP contribution in [-0.4, -0.2) is 51.1 Å². The fourth-order valence-corrected chi connectivity index (χ4v) is 1.40. The third kappa shape index (κ3) is 5.58. The quantitative estimate of drug-likeness (QED) is 0.656. The van der Waals surface area contributed by atoms with Gasteiger partial charge in [0.25, 0.3) is 0 Å². The van der Waals surface area contributed by atoms with Crippen LogP contribution in [0.5, 0.6) is 11.5 Å². The van der Waals surface area contributed by atoms with E-state index in [1.54, 1.807) is 19.2 Å². The van der Waals surface area contributed by atoms with Crippen LogP contribution in [0.25, 0.3) is 0 Å². The van der Waals surface area contributed by atoms with Gasteiger partial charge in [0.05, 0.1) is 20.8 Å². The molecule has 0 aromatic heterocycles. The lowest BCUT2D eigenvalue weighted by molar-refractivity contribution is -0.139. The predicted octanol–water partition coefficient (Wildman–Crippen LogP) is 0.197. The van der Waals surface area contributed by atoms with Crippen LogP contribution < -0.4 is 14.8 Å². The van der Waals surface area contributed by atoms with E-state index in [2.05, 4.69) is 10.1 Å². The molecule has 1 unspecified atom stereocenters. The van der Waals surface area contributed by atoms with Crippen LogP contribution in [0.4, 0.5) is 0 Å². The molecule has 1 aromatic carbocycles. The van der Waals surface area contributed by atoms with E-state index in [-0.39, 0.29) is 25.7 Å². The molecule has 6 heteroatoms. The molecular formula is C13H19NO5. The molecule has 106 valence electrons. The number of methoxy groups -OCH3 is 2. The number of carbonyl (C=O) groups excluding carboxylic acids is 1. The summed E-state index contributed by atoms with van der Waals surface area (Å²) in [5.74, 6) is 0.798. The summed E-state index contributed by atoms with van der Waals surface area (Å²) in [6.45, 7) is 0.404. The standard InChI is InChI=1S/C13H19NO5/c1-17-11-5-3-4-6-12(11)19-9-10(15)7-14-8-13(16)18-2/h3-6,10,14-15H,7-9H2,1-2H3. The molecule has 0 aliphatic carbocycles. The Morgan fingerprint density at radius 2 is 2.00 bits per heavy atom. The molecule has 0 radical (unpaired) electrons. The van der Waals surface area contributed by atoms with Crippen molar-refractivity contribution in [2.24, 2.45) is 0 Å². The van der Waals surface area contributed by atoms with Gasteiger partial charge in [-0.15, -0.1) is 0 Å². The number of hydrogen-bond donors (Lipinski definition) is 2. The first kappa shape index (κ1) is 15.3. The van der Waals surface area contributed by atoms with E-state index in [0.29, 0.717) is 11.5 Å². The van der Waals surface area contributed by atoms with Crippen molar-refractivity contribution in [3.05, 3.63) is 24.3 Å². The van der Waals surface area contributed by atoms with Crippen molar-refractivity contribution in [1.29, 1.82) is 0 Å². The Hall–Kier alpha value is -1.79. The molecule has 1 rings (SSSR count). The summed E-state index contributed by atoms with van der Waals surface area (Å²) in [6, 6.07) is 7.18. The van der Waals surface area contributed by atoms with Crippen molar-refractivity contribution in [1.82, 2.24) is 5.32 Å². The molecule has 0 bridgehead atoms. The second-order valence-electron chi connectivity index (χ2n) is 3.82. The minimum absolute atomic E-state index is 0.0578. The molecule has 2 N–H and O–H groups in total. The summed E-state index contributed by atoms with van der Waals surface area (Å²) in [6.07, 6.45) is -0.727. The lowest BCUT2D eigenvalue weighted by Crippen LogP contribution is -2.34. The molecule has 1 aromatic rings. The van der Waals surface area contributed by atoms with Crippen LogP contribution in [0.3, 0.4) is 0 Å². The average Bonchev–Trinajstić information content (AvgIpc) is 2.45. The first-order chi connectivity index (χ1) is 9.17. The Morgan fingerprint density at radius 3 is 2.63 bits per heavy atom. The monoisotopic (exact) mass is 269 g/mol. The Labute approximate surface area is 112 Å². The SMILES string of the molecule is COC(=O)CNCC(O)COc1ccccc1OC. The van der Waals surface area contributed by atoms with Crippen LogP contribution in [-0.2, 0) is 9.53 Å². The van der Waals surface area contributed by atoms with Crippen LogP contribution in [0.2, 0.25) is 0 Å². The van der Waals surface area contributed by atoms with Crippen LogP contribution in [0.15, 0.2) is 24.3 Å². The highest BCUT2D eigenvalue weighted by molar-refractivity contribution is 5.71. The molecule has 0 spiro atoms. The molecule has 0 fully saturated rings. The van der Waals surface area contributed by atoms with Gasteiger partial charge in [-0.3, -0.25) is 4.79 Å². The first-order valence-corrected chi connectivity index (χ1v) is 5.88. The van der Waals surface area contributed by atoms with E-state index >= 15 is 0 Å². The van der Waals surface area contributed by atoms with Crippen LogP contribution in [0, 0.1) is 0 Å². The Bertz CT molecular complexity index is 396. The number of aliphatic hydroxyl groups is 1. The van der Waals surface area contributed by atoms with Crippen molar-refractivity contribution >= 4 is 5.97 Å². The van der Waals surface area contributed by atoms with Gasteiger partial charge in [-0.05, 0) is 12.1 Å². The molecule has 6 nitrogen and oxygen atoms in total. The lowest BCUT2D eigenvalue weighted by Gasteiger charge is -2.14. The van der Waals surface area contributed by atoms with Gasteiger partial charge in [0.1, 0.15) is 12.7 Å². The molecule has 0 amide bonds. The predicted molar refractivity (Wildman–Crippen MR) is 69.4 cm³/mol. The summed E-state index contributed by atoms with van der Waals surface area (Å²) in [5, 5.41) is 12.4. The zero-order chi connectivity index (χ0) is 14.1. The number of carbonyl (C=O) groups is 1. The largest absolute Gasteiger partial charge is 0.493 e. The Kier molecular flexibility index (Phi) is 6.70. The lowest BCUT2D eigenvalue weighted by atomic mass is 10.3. The molecule has 19 heavy (non-hydrogen) atoms. The van der Waals surface area contributed by atoms with Gasteiger partial charge < -0.3 is 24.6 Å². The normalized spacial score (nSPS) is 11.7. The smallest absolute Gasteiger partial charge is 0.319 e. The minimum Gasteiger partial charge on any atom is -0.493 e. The van der Waals surface area contributed by atoms with Gasteiger partial charge >= 0.3 is 5.97 Å². The summed E-state index contributed by atoms with van der Waals surface area (Å²) in [7, 11) is 2.86. The number of rotatable bonds is 8. The number of esters is 1. The molecule has 0 saturated heterocycles. The Morgan fingerprint density at radius 1 is 1.32 bits per heavy atom. The number of nitrogens with one attached hydrogen (secondary N) is 1. The highest BCUT2D eigenvalue weighted by Crippen LogP contribution is 2.25. The highest BCUT2D eigenvalue weighted by Gasteiger charge is 2.09. The fourth-order valence-electron chi connectivity index (χ4n) is 1.40. The molecular weight excluding hydrogens is 250 g/mol. The topological polar surface area (TPSA) is 77.0 Å². The van der Waals surface area contributed by atoms with Gasteiger partial charge in [-0.25, -0.2) is 0 Å². The van der Waals surface area contributed by atoms with E-state index in [4.69, 9.17) is 9.47 Å². The molecule has 0 aliphatic heterocycles. The number of aliphatic hydroxyl groups excluding tert-OH is 1. The maximum absolute atomic E-state index is 10.8. The zero-order valence-corrected chi connectivity index (χ0v) is 11.1. The Balaban J connectivity index is 2.29. The zero-order valence-electron chi connectivity index (χ0n) is 11.1. The molecule has 0 saturated carbocycles. The maximum Gasteiger partial charge on any atom is 0.319 e. The van der Waals surface area contributed by atoms with Crippen molar-refractivity contribution in [3.63, 3.8) is 0 Å². The molecule has 0 aliphatic rings. The number of benzene rings is 1. The van der Waals surface area contributed by atoms with E-state index in [9.17, 15) is 9.90 Å². The molecule has 0 heterocycles. The van der Waals surface area contributed by atoms with E-state index < -0.39 is 6.10 Å². The highest BCUT2D eigenvalue weighted by atomic mass is 16.5. The van der Waals surface area contributed by atoms with Gasteiger partial charge in [-0.2, -0.15) is 0 Å². The third-order valence-electron chi connectivity index (χ3n) is 2.38. The van der Waals surface area contributed by atoms with Crippen molar-refractivity contribution in [3.8, 4) is 11.5 Å². The first-order valence-electron chi connectivity index (χ1n) is 5.88. The summed E-state index contributed by atoms with van der Waals surface area (Å²) in [4.78, 5) is 10.8. The van der Waals surface area contributed by atoms with Crippen molar-refractivity contribution < 1.29 is 24.1 Å². The summed E-state index contributed by atoms with van der Waals surface area (Å²) < 4.78 is 15.0. The fraction of sp³-hybridized carbons (Fsp3) is 0.462. The van der Waals surface area contributed by atoms with Crippen LogP contribution >= 0.6 is 0 Å². The maximum atomic E-state index is 10.8. The second kappa shape index (κ2) is 8.34. The second-order valence-corrected chi connectivity index (χ2v) is 3.82. The van der Waals surface area contributed by atoms with Gasteiger partial charge in [0, 0.05) is 6.54 Å². The third-order valence-corrected chi connectivity index (χ3v) is 2.38. The number of ether oxygens (including phenoxy) is 3. The number of para-hydroxylation sites is 2. The van der Waals surface area contributed by atoms with Gasteiger partial charge in [-0.1, -0.05) is 12.1 Å². The van der Waals surface area contributed by atoms with E-state index in [1.165, 1.54) is 7.11 Å². The minimum atomic E-state index is -0.727.